The van der Waals surface area contributed by atoms with Gasteiger partial charge < -0.3 is 10.1 Å². The van der Waals surface area contributed by atoms with E-state index in [1.54, 1.807) is 23.2 Å². The summed E-state index contributed by atoms with van der Waals surface area (Å²) in [5.74, 6) is -0.473. The first-order valence-corrected chi connectivity index (χ1v) is 14.0. The van der Waals surface area contributed by atoms with Crippen LogP contribution in [0.5, 0.6) is 5.75 Å². The molecular weight excluding hydrogens is 600 g/mol. The van der Waals surface area contributed by atoms with Gasteiger partial charge in [0, 0.05) is 36.3 Å². The van der Waals surface area contributed by atoms with Crippen molar-refractivity contribution in [2.75, 3.05) is 31.1 Å². The van der Waals surface area contributed by atoms with Gasteiger partial charge in [-0.3, -0.25) is 9.80 Å². The van der Waals surface area contributed by atoms with E-state index in [0.717, 1.165) is 11.1 Å². The van der Waals surface area contributed by atoms with Gasteiger partial charge >= 0.3 is 12.4 Å². The summed E-state index contributed by atoms with van der Waals surface area (Å²) in [6.45, 7) is 2.64. The van der Waals surface area contributed by atoms with E-state index in [1.165, 1.54) is 12.1 Å². The van der Waals surface area contributed by atoms with E-state index >= 15 is 0 Å². The maximum absolute atomic E-state index is 13.4. The van der Waals surface area contributed by atoms with Crippen molar-refractivity contribution in [1.82, 2.24) is 15.2 Å². The van der Waals surface area contributed by atoms with Gasteiger partial charge in [-0.25, -0.2) is 9.78 Å². The summed E-state index contributed by atoms with van der Waals surface area (Å²) < 4.78 is 43.6. The number of ether oxygens (including phenoxy) is 1. The average Bonchev–Trinajstić information content (AvgIpc) is 3.21. The number of urea groups is 1. The zero-order valence-corrected chi connectivity index (χ0v) is 24.0. The standard InChI is InChI=1S/C29H26Cl3F3N4O2/c30-21-5-3-19(4-6-21)2-1-11-38-12-8-28(9-13-38)18-39(27(40)37-17-20-7-10-36-26(32)14-20)24-16-23(31)25(15-22(24)28)41-29(33,34)35/h1-7,10,14-16H,8-9,11-13,17-18H2,(H,37,40)/b2-1+. The molecule has 1 spiro atoms. The third kappa shape index (κ3) is 7.09. The van der Waals surface area contributed by atoms with Crippen molar-refractivity contribution in [1.29, 1.82) is 0 Å². The van der Waals surface area contributed by atoms with Crippen molar-refractivity contribution in [3.8, 4) is 5.75 Å². The second-order valence-electron chi connectivity index (χ2n) is 10.1. The van der Waals surface area contributed by atoms with Crippen molar-refractivity contribution >= 4 is 52.6 Å². The van der Waals surface area contributed by atoms with Crippen molar-refractivity contribution in [3.63, 3.8) is 0 Å². The molecule has 41 heavy (non-hydrogen) atoms. The molecule has 2 aromatic carbocycles. The molecule has 12 heteroatoms. The minimum atomic E-state index is -4.90. The van der Waals surface area contributed by atoms with E-state index in [0.29, 0.717) is 60.4 Å². The molecule has 0 aliphatic carbocycles. The van der Waals surface area contributed by atoms with Gasteiger partial charge in [0.15, 0.2) is 0 Å². The van der Waals surface area contributed by atoms with Crippen molar-refractivity contribution < 1.29 is 22.7 Å². The Morgan fingerprint density at radius 2 is 1.80 bits per heavy atom. The van der Waals surface area contributed by atoms with E-state index in [1.807, 2.05) is 30.3 Å². The lowest BCUT2D eigenvalue weighted by atomic mass is 9.74. The van der Waals surface area contributed by atoms with Gasteiger partial charge in [-0.15, -0.1) is 13.2 Å². The Hall–Kier alpha value is -2.98. The number of halogens is 6. The molecule has 216 valence electrons. The highest BCUT2D eigenvalue weighted by Gasteiger charge is 2.47. The summed E-state index contributed by atoms with van der Waals surface area (Å²) in [6, 6.07) is 13.3. The topological polar surface area (TPSA) is 57.7 Å². The molecule has 0 unspecified atom stereocenters. The Bertz CT molecular complexity index is 1440. The van der Waals surface area contributed by atoms with Crippen LogP contribution in [0.2, 0.25) is 15.2 Å². The Labute approximate surface area is 250 Å². The Morgan fingerprint density at radius 1 is 1.07 bits per heavy atom. The van der Waals surface area contributed by atoms with Gasteiger partial charge in [-0.05, 0) is 79.0 Å². The Kier molecular flexibility index (Phi) is 8.70. The van der Waals surface area contributed by atoms with Crippen LogP contribution in [-0.2, 0) is 12.0 Å². The fourth-order valence-electron chi connectivity index (χ4n) is 5.38. The number of carbonyl (C=O) groups is 1. The predicted molar refractivity (Wildman–Crippen MR) is 155 cm³/mol. The highest BCUT2D eigenvalue weighted by molar-refractivity contribution is 6.32. The molecule has 3 heterocycles. The number of nitrogens with zero attached hydrogens (tertiary/aromatic N) is 3. The minimum Gasteiger partial charge on any atom is -0.404 e. The zero-order valence-electron chi connectivity index (χ0n) is 21.7. The molecule has 1 saturated heterocycles. The summed E-state index contributed by atoms with van der Waals surface area (Å²) in [4.78, 5) is 21.1. The molecule has 6 nitrogen and oxygen atoms in total. The number of alkyl halides is 3. The van der Waals surface area contributed by atoms with Gasteiger partial charge in [-0.2, -0.15) is 0 Å². The maximum atomic E-state index is 13.4. The number of benzene rings is 2. The molecule has 2 amide bonds. The predicted octanol–water partition coefficient (Wildman–Crippen LogP) is 7.72. The highest BCUT2D eigenvalue weighted by atomic mass is 35.5. The van der Waals surface area contributed by atoms with Crippen LogP contribution in [0.15, 0.2) is 60.8 Å². The van der Waals surface area contributed by atoms with Crippen LogP contribution >= 0.6 is 34.8 Å². The SMILES string of the molecule is O=C(NCc1ccnc(Cl)c1)N1CC2(CCN(C/C=C/c3ccc(Cl)cc3)CC2)c2cc(OC(F)(F)F)c(Cl)cc21. The van der Waals surface area contributed by atoms with Crippen LogP contribution in [0.1, 0.15) is 29.5 Å². The third-order valence-electron chi connectivity index (χ3n) is 7.44. The first-order valence-electron chi connectivity index (χ1n) is 12.9. The lowest BCUT2D eigenvalue weighted by molar-refractivity contribution is -0.274. The van der Waals surface area contributed by atoms with E-state index in [9.17, 15) is 18.0 Å². The zero-order chi connectivity index (χ0) is 29.2. The molecule has 2 aliphatic heterocycles. The highest BCUT2D eigenvalue weighted by Crippen LogP contribution is 2.50. The van der Waals surface area contributed by atoms with Gasteiger partial charge in [0.25, 0.3) is 0 Å². The number of nitrogens with one attached hydrogen (secondary N) is 1. The van der Waals surface area contributed by atoms with Gasteiger partial charge in [0.2, 0.25) is 0 Å². The first-order chi connectivity index (χ1) is 19.5. The fraction of sp³-hybridized carbons (Fsp3) is 0.310. The number of hydrogen-bond acceptors (Lipinski definition) is 4. The molecule has 5 rings (SSSR count). The van der Waals surface area contributed by atoms with E-state index in [2.05, 4.69) is 26.0 Å². The van der Waals surface area contributed by atoms with Crippen LogP contribution in [0, 0.1) is 0 Å². The smallest absolute Gasteiger partial charge is 0.404 e. The van der Waals surface area contributed by atoms with E-state index in [-0.39, 0.29) is 17.6 Å². The Morgan fingerprint density at radius 3 is 2.49 bits per heavy atom. The minimum absolute atomic E-state index is 0.205. The molecule has 3 aromatic rings. The number of aromatic nitrogens is 1. The molecule has 0 atom stereocenters. The summed E-state index contributed by atoms with van der Waals surface area (Å²) in [6.07, 6.45) is 2.04. The van der Waals surface area contributed by atoms with Crippen molar-refractivity contribution in [2.24, 2.45) is 0 Å². The number of rotatable bonds is 6. The van der Waals surface area contributed by atoms with Crippen molar-refractivity contribution in [3.05, 3.63) is 92.7 Å². The van der Waals surface area contributed by atoms with Gasteiger partial charge in [-0.1, -0.05) is 59.1 Å². The number of piperidine rings is 1. The number of amides is 2. The summed E-state index contributed by atoms with van der Waals surface area (Å²) >= 11 is 18.1. The van der Waals surface area contributed by atoms with Gasteiger partial charge in [0.05, 0.1) is 10.7 Å². The lowest BCUT2D eigenvalue weighted by Crippen LogP contribution is -2.47. The lowest BCUT2D eigenvalue weighted by Gasteiger charge is -2.39. The van der Waals surface area contributed by atoms with E-state index < -0.39 is 17.5 Å². The second kappa shape index (κ2) is 12.1. The third-order valence-corrected chi connectivity index (χ3v) is 8.19. The molecule has 0 radical (unpaired) electrons. The molecular formula is C29H26Cl3F3N4O2. The number of anilines is 1. The Balaban J connectivity index is 1.34. The normalized spacial score (nSPS) is 16.8. The number of likely N-dealkylation sites (tertiary alicyclic amines) is 1. The maximum Gasteiger partial charge on any atom is 0.573 e. The van der Waals surface area contributed by atoms with Crippen LogP contribution in [0.25, 0.3) is 6.08 Å². The molecule has 1 aromatic heterocycles. The van der Waals surface area contributed by atoms with Gasteiger partial charge in [0.1, 0.15) is 10.9 Å². The summed E-state index contributed by atoms with van der Waals surface area (Å²) in [5, 5.41) is 3.64. The van der Waals surface area contributed by atoms with Crippen LogP contribution in [-0.4, -0.2) is 48.5 Å². The van der Waals surface area contributed by atoms with E-state index in [4.69, 9.17) is 34.8 Å². The average molecular weight is 626 g/mol. The first kappa shape index (κ1) is 29.5. The largest absolute Gasteiger partial charge is 0.573 e. The number of carbonyl (C=O) groups excluding carboxylic acids is 1. The van der Waals surface area contributed by atoms with Crippen LogP contribution in [0.4, 0.5) is 23.7 Å². The second-order valence-corrected chi connectivity index (χ2v) is 11.3. The molecule has 2 aliphatic rings. The summed E-state index contributed by atoms with van der Waals surface area (Å²) in [5.41, 5.74) is 2.36. The molecule has 0 bridgehead atoms. The summed E-state index contributed by atoms with van der Waals surface area (Å²) in [7, 11) is 0. The molecule has 0 saturated carbocycles. The van der Waals surface area contributed by atoms with Crippen molar-refractivity contribution in [2.45, 2.75) is 31.2 Å². The number of fused-ring (bicyclic) bond motifs is 2. The quantitative estimate of drug-likeness (QED) is 0.285. The molecule has 1 fully saturated rings. The fourth-order valence-corrected chi connectivity index (χ4v) is 5.90. The molecule has 1 N–H and O–H groups in total. The number of hydrogen-bond donors (Lipinski definition) is 1. The number of pyridine rings is 1. The van der Waals surface area contributed by atoms with Crippen LogP contribution < -0.4 is 15.0 Å². The monoisotopic (exact) mass is 624 g/mol. The van der Waals surface area contributed by atoms with Crippen LogP contribution in [0.3, 0.4) is 0 Å².